The highest BCUT2D eigenvalue weighted by Crippen LogP contribution is 2.26. The summed E-state index contributed by atoms with van der Waals surface area (Å²) in [6.45, 7) is 0.589. The van der Waals surface area contributed by atoms with Crippen LogP contribution in [0.1, 0.15) is 43.9 Å². The van der Waals surface area contributed by atoms with Crippen LogP contribution in [0.4, 0.5) is 0 Å². The summed E-state index contributed by atoms with van der Waals surface area (Å²) in [6.07, 6.45) is 1.58. The molecule has 3 rings (SSSR count). The number of nitrogens with zero attached hydrogens (tertiary/aromatic N) is 1. The van der Waals surface area contributed by atoms with Crippen LogP contribution in [0.2, 0.25) is 0 Å². The van der Waals surface area contributed by atoms with Crippen LogP contribution in [-0.4, -0.2) is 72.7 Å². The van der Waals surface area contributed by atoms with Crippen molar-refractivity contribution in [2.24, 2.45) is 0 Å². The van der Waals surface area contributed by atoms with Crippen LogP contribution in [0.25, 0.3) is 0 Å². The Kier molecular flexibility index (Phi) is 5.82. The van der Waals surface area contributed by atoms with Gasteiger partial charge in [0.15, 0.2) is 0 Å². The maximum atomic E-state index is 12.6. The quantitative estimate of drug-likeness (QED) is 0.494. The van der Waals surface area contributed by atoms with E-state index in [0.29, 0.717) is 6.61 Å². The molecule has 0 aliphatic carbocycles. The van der Waals surface area contributed by atoms with E-state index < -0.39 is 24.4 Å². The lowest BCUT2D eigenvalue weighted by Gasteiger charge is -2.17. The van der Waals surface area contributed by atoms with Crippen molar-refractivity contribution < 1.29 is 33.8 Å². The number of amides is 3. The molecule has 1 unspecified atom stereocenters. The molecule has 3 amide bonds. The van der Waals surface area contributed by atoms with E-state index in [9.17, 15) is 19.2 Å². The summed E-state index contributed by atoms with van der Waals surface area (Å²) in [6, 6.07) is 4.35. The van der Waals surface area contributed by atoms with Crippen LogP contribution in [0.15, 0.2) is 18.2 Å². The van der Waals surface area contributed by atoms with Gasteiger partial charge in [0.2, 0.25) is 0 Å². The van der Waals surface area contributed by atoms with Gasteiger partial charge >= 0.3 is 5.97 Å². The average Bonchev–Trinajstić information content (AvgIpc) is 3.24. The molecular formula is C18H20N2O7. The second kappa shape index (κ2) is 8.28. The van der Waals surface area contributed by atoms with E-state index in [-0.39, 0.29) is 48.4 Å². The lowest BCUT2D eigenvalue weighted by Crippen LogP contribution is -2.36. The van der Waals surface area contributed by atoms with E-state index in [1.165, 1.54) is 23.1 Å². The third kappa shape index (κ3) is 4.32. The molecular weight excluding hydrogens is 356 g/mol. The SMILES string of the molecule is O=C(O)COCCNC(=O)c1ccc2c(c1)C(=O)N(CC1CCCO1)C2=O. The molecule has 2 heterocycles. The zero-order valence-electron chi connectivity index (χ0n) is 14.6. The van der Waals surface area contributed by atoms with Crippen LogP contribution in [-0.2, 0) is 14.3 Å². The maximum Gasteiger partial charge on any atom is 0.329 e. The number of carbonyl (C=O) groups excluding carboxylic acids is 3. The first-order valence-corrected chi connectivity index (χ1v) is 8.67. The van der Waals surface area contributed by atoms with Gasteiger partial charge in [-0.3, -0.25) is 19.3 Å². The fourth-order valence-corrected chi connectivity index (χ4v) is 3.09. The van der Waals surface area contributed by atoms with E-state index in [1.54, 1.807) is 0 Å². The smallest absolute Gasteiger partial charge is 0.329 e. The summed E-state index contributed by atoms with van der Waals surface area (Å²) < 4.78 is 10.3. The first-order chi connectivity index (χ1) is 13.0. The fourth-order valence-electron chi connectivity index (χ4n) is 3.09. The number of imide groups is 1. The first kappa shape index (κ1) is 19.0. The zero-order valence-corrected chi connectivity index (χ0v) is 14.6. The van der Waals surface area contributed by atoms with Crippen LogP contribution < -0.4 is 5.32 Å². The second-order valence-electron chi connectivity index (χ2n) is 6.32. The number of ether oxygens (including phenoxy) is 2. The highest BCUT2D eigenvalue weighted by Gasteiger charge is 2.37. The molecule has 2 aliphatic rings. The number of carboxylic acid groups (broad SMARTS) is 1. The number of hydrogen-bond acceptors (Lipinski definition) is 6. The Labute approximate surface area is 155 Å². The summed E-state index contributed by atoms with van der Waals surface area (Å²) >= 11 is 0. The highest BCUT2D eigenvalue weighted by molar-refractivity contribution is 6.22. The molecule has 1 atom stereocenters. The number of carboxylic acids is 1. The highest BCUT2D eigenvalue weighted by atomic mass is 16.5. The Hall–Kier alpha value is -2.78. The molecule has 2 N–H and O–H groups in total. The average molecular weight is 376 g/mol. The second-order valence-corrected chi connectivity index (χ2v) is 6.32. The number of nitrogens with one attached hydrogen (secondary N) is 1. The van der Waals surface area contributed by atoms with Crippen molar-refractivity contribution in [3.8, 4) is 0 Å². The zero-order chi connectivity index (χ0) is 19.4. The minimum Gasteiger partial charge on any atom is -0.480 e. The number of carbonyl (C=O) groups is 4. The van der Waals surface area contributed by atoms with Gasteiger partial charge in [-0.2, -0.15) is 0 Å². The van der Waals surface area contributed by atoms with Crippen molar-refractivity contribution in [1.82, 2.24) is 10.2 Å². The fraction of sp³-hybridized carbons (Fsp3) is 0.444. The van der Waals surface area contributed by atoms with Crippen molar-refractivity contribution in [1.29, 1.82) is 0 Å². The van der Waals surface area contributed by atoms with Gasteiger partial charge in [-0.25, -0.2) is 4.79 Å². The van der Waals surface area contributed by atoms with E-state index in [1.807, 2.05) is 0 Å². The predicted octanol–water partition coefficient (Wildman–Crippen LogP) is 0.293. The van der Waals surface area contributed by atoms with Gasteiger partial charge in [-0.15, -0.1) is 0 Å². The maximum absolute atomic E-state index is 12.6. The van der Waals surface area contributed by atoms with Gasteiger partial charge in [0.05, 0.1) is 30.4 Å². The lowest BCUT2D eigenvalue weighted by atomic mass is 10.1. The van der Waals surface area contributed by atoms with Crippen LogP contribution in [0.3, 0.4) is 0 Å². The third-order valence-electron chi connectivity index (χ3n) is 4.40. The van der Waals surface area contributed by atoms with Crippen molar-refractivity contribution in [3.05, 3.63) is 34.9 Å². The third-order valence-corrected chi connectivity index (χ3v) is 4.40. The molecule has 2 aliphatic heterocycles. The van der Waals surface area contributed by atoms with E-state index in [2.05, 4.69) is 5.32 Å². The van der Waals surface area contributed by atoms with Crippen molar-refractivity contribution in [3.63, 3.8) is 0 Å². The summed E-state index contributed by atoms with van der Waals surface area (Å²) in [7, 11) is 0. The molecule has 144 valence electrons. The molecule has 1 aromatic rings. The Balaban J connectivity index is 1.61. The molecule has 0 saturated carbocycles. The summed E-state index contributed by atoms with van der Waals surface area (Å²) in [4.78, 5) is 48.7. The molecule has 0 spiro atoms. The molecule has 9 heteroatoms. The largest absolute Gasteiger partial charge is 0.480 e. The number of hydrogen-bond donors (Lipinski definition) is 2. The monoisotopic (exact) mass is 376 g/mol. The molecule has 9 nitrogen and oxygen atoms in total. The Morgan fingerprint density at radius 3 is 2.74 bits per heavy atom. The van der Waals surface area contributed by atoms with Gasteiger partial charge < -0.3 is 19.9 Å². The summed E-state index contributed by atoms with van der Waals surface area (Å²) in [5.41, 5.74) is 0.721. The molecule has 1 fully saturated rings. The number of aliphatic carboxylic acids is 1. The van der Waals surface area contributed by atoms with E-state index in [0.717, 1.165) is 12.8 Å². The predicted molar refractivity (Wildman–Crippen MR) is 91.6 cm³/mol. The lowest BCUT2D eigenvalue weighted by molar-refractivity contribution is -0.142. The van der Waals surface area contributed by atoms with Crippen molar-refractivity contribution >= 4 is 23.7 Å². The van der Waals surface area contributed by atoms with Gasteiger partial charge in [0.25, 0.3) is 17.7 Å². The van der Waals surface area contributed by atoms with E-state index in [4.69, 9.17) is 14.6 Å². The van der Waals surface area contributed by atoms with Crippen LogP contribution in [0, 0.1) is 0 Å². The summed E-state index contributed by atoms with van der Waals surface area (Å²) in [5, 5.41) is 11.0. The normalized spacial score (nSPS) is 18.7. The number of fused-ring (bicyclic) bond motifs is 1. The Bertz CT molecular complexity index is 771. The number of benzene rings is 1. The topological polar surface area (TPSA) is 122 Å². The summed E-state index contributed by atoms with van der Waals surface area (Å²) in [5.74, 6) is -2.32. The molecule has 0 radical (unpaired) electrons. The molecule has 1 aromatic carbocycles. The minimum atomic E-state index is -1.09. The Morgan fingerprint density at radius 1 is 1.26 bits per heavy atom. The Morgan fingerprint density at radius 2 is 2.04 bits per heavy atom. The molecule has 0 aromatic heterocycles. The van der Waals surface area contributed by atoms with Gasteiger partial charge in [0.1, 0.15) is 6.61 Å². The molecule has 1 saturated heterocycles. The molecule has 0 bridgehead atoms. The van der Waals surface area contributed by atoms with Crippen LogP contribution >= 0.6 is 0 Å². The first-order valence-electron chi connectivity index (χ1n) is 8.67. The van der Waals surface area contributed by atoms with Gasteiger partial charge in [-0.1, -0.05) is 0 Å². The van der Waals surface area contributed by atoms with Crippen molar-refractivity contribution in [2.45, 2.75) is 18.9 Å². The minimum absolute atomic E-state index is 0.0512. The van der Waals surface area contributed by atoms with Crippen LogP contribution in [0.5, 0.6) is 0 Å². The standard InChI is InChI=1S/C18H20N2O7/c21-15(22)10-26-7-5-19-16(23)11-3-4-13-14(8-11)18(25)20(17(13)24)9-12-2-1-6-27-12/h3-4,8,12H,1-2,5-7,9-10H2,(H,19,23)(H,21,22). The van der Waals surface area contributed by atoms with E-state index >= 15 is 0 Å². The number of rotatable bonds is 8. The molecule has 27 heavy (non-hydrogen) atoms. The van der Waals surface area contributed by atoms with Gasteiger partial charge in [0, 0.05) is 18.7 Å². The van der Waals surface area contributed by atoms with Crippen molar-refractivity contribution in [2.75, 3.05) is 32.9 Å². The van der Waals surface area contributed by atoms with Gasteiger partial charge in [-0.05, 0) is 31.0 Å².